The summed E-state index contributed by atoms with van der Waals surface area (Å²) < 4.78 is 20.7. The summed E-state index contributed by atoms with van der Waals surface area (Å²) in [5.41, 5.74) is 4.71. The monoisotopic (exact) mass is 433 g/mol. The number of rotatable bonds is 6. The first kappa shape index (κ1) is 23.5. The van der Waals surface area contributed by atoms with Crippen LogP contribution in [0.15, 0.2) is 77.4 Å². The highest BCUT2D eigenvalue weighted by Gasteiger charge is 2.26. The number of nitrogens with one attached hydrogen (secondary N) is 1. The van der Waals surface area contributed by atoms with Crippen molar-refractivity contribution in [2.45, 2.75) is 47.0 Å². The maximum atomic E-state index is 15.3. The molecule has 1 N–H and O–H groups in total. The van der Waals surface area contributed by atoms with Crippen LogP contribution in [-0.4, -0.2) is 13.0 Å². The van der Waals surface area contributed by atoms with Crippen molar-refractivity contribution in [3.05, 3.63) is 88.5 Å². The third-order valence-corrected chi connectivity index (χ3v) is 6.12. The fraction of sp³-hybridized carbons (Fsp3) is 0.321. The molecular weight excluding hydrogens is 401 g/mol. The van der Waals surface area contributed by atoms with Gasteiger partial charge in [-0.3, -0.25) is 4.79 Å². The van der Waals surface area contributed by atoms with Crippen LogP contribution in [0.2, 0.25) is 0 Å². The molecule has 0 aliphatic heterocycles. The van der Waals surface area contributed by atoms with Gasteiger partial charge in [0.15, 0.2) is 0 Å². The maximum absolute atomic E-state index is 15.3. The SMILES string of the molecule is COc1cc(C(=O)Nc2ccccc2)ccc1C(F)=C(C)C=CC1=C(C)CCCC1(C)C. The highest BCUT2D eigenvalue weighted by Crippen LogP contribution is 2.41. The molecule has 2 aromatic carbocycles. The van der Waals surface area contributed by atoms with E-state index in [-0.39, 0.29) is 17.1 Å². The predicted octanol–water partition coefficient (Wildman–Crippen LogP) is 7.73. The zero-order valence-corrected chi connectivity index (χ0v) is 19.6. The third-order valence-electron chi connectivity index (χ3n) is 6.12. The minimum atomic E-state index is -0.361. The lowest BCUT2D eigenvalue weighted by Gasteiger charge is -2.33. The van der Waals surface area contributed by atoms with Gasteiger partial charge in [-0.1, -0.05) is 49.8 Å². The maximum Gasteiger partial charge on any atom is 0.255 e. The number of carbonyl (C=O) groups is 1. The van der Waals surface area contributed by atoms with Crippen molar-refractivity contribution >= 4 is 17.4 Å². The molecule has 0 radical (unpaired) electrons. The van der Waals surface area contributed by atoms with E-state index in [1.54, 1.807) is 25.1 Å². The van der Waals surface area contributed by atoms with Crippen LogP contribution < -0.4 is 10.1 Å². The van der Waals surface area contributed by atoms with Gasteiger partial charge in [-0.2, -0.15) is 0 Å². The van der Waals surface area contributed by atoms with E-state index in [9.17, 15) is 4.79 Å². The van der Waals surface area contributed by atoms with E-state index in [2.05, 4.69) is 32.2 Å². The van der Waals surface area contributed by atoms with Gasteiger partial charge in [0.2, 0.25) is 0 Å². The molecule has 0 saturated carbocycles. The molecule has 4 heteroatoms. The molecule has 0 heterocycles. The van der Waals surface area contributed by atoms with Gasteiger partial charge in [0.25, 0.3) is 5.91 Å². The quantitative estimate of drug-likeness (QED) is 0.473. The Bertz CT molecular complexity index is 1080. The topological polar surface area (TPSA) is 38.3 Å². The predicted molar refractivity (Wildman–Crippen MR) is 131 cm³/mol. The van der Waals surface area contributed by atoms with Crippen LogP contribution in [0.1, 0.15) is 62.9 Å². The van der Waals surface area contributed by atoms with Gasteiger partial charge in [0.05, 0.1) is 12.7 Å². The molecule has 0 spiro atoms. The molecule has 0 fully saturated rings. The number of hydrogen-bond acceptors (Lipinski definition) is 2. The van der Waals surface area contributed by atoms with E-state index in [0.717, 1.165) is 12.8 Å². The van der Waals surface area contributed by atoms with Crippen molar-refractivity contribution in [2.75, 3.05) is 12.4 Å². The lowest BCUT2D eigenvalue weighted by molar-refractivity contribution is 0.102. The van der Waals surface area contributed by atoms with Gasteiger partial charge in [-0.15, -0.1) is 0 Å². The van der Waals surface area contributed by atoms with Gasteiger partial charge in [-0.05, 0) is 80.0 Å². The second-order valence-electron chi connectivity index (χ2n) is 9.00. The van der Waals surface area contributed by atoms with Gasteiger partial charge in [0, 0.05) is 11.3 Å². The van der Waals surface area contributed by atoms with Crippen molar-refractivity contribution in [1.29, 1.82) is 0 Å². The number of anilines is 1. The molecule has 1 aliphatic carbocycles. The number of amides is 1. The third kappa shape index (κ3) is 5.37. The molecule has 32 heavy (non-hydrogen) atoms. The van der Waals surface area contributed by atoms with Gasteiger partial charge >= 0.3 is 0 Å². The van der Waals surface area contributed by atoms with Crippen molar-refractivity contribution in [1.82, 2.24) is 0 Å². The Balaban J connectivity index is 1.86. The number of ether oxygens (including phenoxy) is 1. The van der Waals surface area contributed by atoms with E-state index < -0.39 is 0 Å². The van der Waals surface area contributed by atoms with E-state index >= 15 is 4.39 Å². The van der Waals surface area contributed by atoms with Gasteiger partial charge in [-0.25, -0.2) is 4.39 Å². The van der Waals surface area contributed by atoms with E-state index in [4.69, 9.17) is 4.74 Å². The van der Waals surface area contributed by atoms with Crippen LogP contribution >= 0.6 is 0 Å². The second kappa shape index (κ2) is 9.99. The molecule has 0 bridgehead atoms. The Hall–Kier alpha value is -3.14. The van der Waals surface area contributed by atoms with Crippen molar-refractivity contribution < 1.29 is 13.9 Å². The van der Waals surface area contributed by atoms with Crippen LogP contribution in [0.4, 0.5) is 10.1 Å². The molecule has 1 amide bonds. The van der Waals surface area contributed by atoms with Crippen LogP contribution in [0.5, 0.6) is 5.75 Å². The second-order valence-corrected chi connectivity index (χ2v) is 9.00. The average Bonchev–Trinajstić information content (AvgIpc) is 2.77. The average molecular weight is 434 g/mol. The Morgan fingerprint density at radius 2 is 1.88 bits per heavy atom. The van der Waals surface area contributed by atoms with Crippen LogP contribution in [-0.2, 0) is 0 Å². The fourth-order valence-corrected chi connectivity index (χ4v) is 4.24. The molecule has 0 atom stereocenters. The Morgan fingerprint density at radius 1 is 1.16 bits per heavy atom. The highest BCUT2D eigenvalue weighted by molar-refractivity contribution is 6.04. The van der Waals surface area contributed by atoms with Crippen LogP contribution in [0.25, 0.3) is 5.83 Å². The molecule has 3 rings (SSSR count). The van der Waals surface area contributed by atoms with E-state index in [1.165, 1.54) is 24.7 Å². The summed E-state index contributed by atoms with van der Waals surface area (Å²) in [6.45, 7) is 8.41. The zero-order valence-electron chi connectivity index (χ0n) is 19.6. The van der Waals surface area contributed by atoms with Gasteiger partial charge in [0.1, 0.15) is 11.6 Å². The van der Waals surface area contributed by atoms with Crippen LogP contribution in [0, 0.1) is 5.41 Å². The largest absolute Gasteiger partial charge is 0.496 e. The fourth-order valence-electron chi connectivity index (χ4n) is 4.24. The molecular formula is C28H32FNO2. The number of benzene rings is 2. The lowest BCUT2D eigenvalue weighted by Crippen LogP contribution is -2.19. The minimum absolute atomic E-state index is 0.0983. The number of para-hydroxylation sites is 1. The number of carbonyl (C=O) groups excluding carboxylic acids is 1. The Kier molecular flexibility index (Phi) is 7.34. The standard InChI is InChI=1S/C28H32FNO2/c1-19-10-9-17-28(3,4)24(19)16-13-20(2)26(29)23-15-14-21(18-25(23)32-5)27(31)30-22-11-7-6-8-12-22/h6-8,11-16,18H,9-10,17H2,1-5H3,(H,30,31). The van der Waals surface area contributed by atoms with Crippen molar-refractivity contribution in [3.63, 3.8) is 0 Å². The smallest absolute Gasteiger partial charge is 0.255 e. The van der Waals surface area contributed by atoms with Gasteiger partial charge < -0.3 is 10.1 Å². The summed E-state index contributed by atoms with van der Waals surface area (Å²) in [5, 5.41) is 2.83. The normalized spacial score (nSPS) is 16.7. The first-order chi connectivity index (χ1) is 15.2. The number of hydrogen-bond donors (Lipinski definition) is 1. The minimum Gasteiger partial charge on any atom is -0.496 e. The Morgan fingerprint density at radius 3 is 2.53 bits per heavy atom. The molecule has 168 valence electrons. The van der Waals surface area contributed by atoms with E-state index in [0.29, 0.717) is 28.1 Å². The summed E-state index contributed by atoms with van der Waals surface area (Å²) in [7, 11) is 1.48. The molecule has 1 aliphatic rings. The first-order valence-electron chi connectivity index (χ1n) is 11.0. The molecule has 3 nitrogen and oxygen atoms in total. The summed E-state index contributed by atoms with van der Waals surface area (Å²) >= 11 is 0. The first-order valence-corrected chi connectivity index (χ1v) is 11.0. The summed E-state index contributed by atoms with van der Waals surface area (Å²) in [6.07, 6.45) is 7.32. The molecule has 0 unspecified atom stereocenters. The van der Waals surface area contributed by atoms with Crippen LogP contribution in [0.3, 0.4) is 0 Å². The molecule has 0 saturated heterocycles. The highest BCUT2D eigenvalue weighted by atomic mass is 19.1. The summed E-state index contributed by atoms with van der Waals surface area (Å²) in [5.74, 6) is -0.312. The number of allylic oxidation sites excluding steroid dienone is 5. The number of halogens is 1. The summed E-state index contributed by atoms with van der Waals surface area (Å²) in [4.78, 5) is 12.6. The number of methoxy groups -OCH3 is 1. The molecule has 0 aromatic heterocycles. The van der Waals surface area contributed by atoms with E-state index in [1.807, 2.05) is 36.4 Å². The molecule has 2 aromatic rings. The van der Waals surface area contributed by atoms with Crippen molar-refractivity contribution in [3.8, 4) is 5.75 Å². The Labute approximate surface area is 190 Å². The lowest BCUT2D eigenvalue weighted by atomic mass is 9.72. The van der Waals surface area contributed by atoms with Crippen molar-refractivity contribution in [2.24, 2.45) is 5.41 Å². The summed E-state index contributed by atoms with van der Waals surface area (Å²) in [6, 6.07) is 14.0. The zero-order chi connectivity index (χ0) is 23.3.